The van der Waals surface area contributed by atoms with E-state index >= 15 is 0 Å². The molecule has 0 amide bonds. The lowest BCUT2D eigenvalue weighted by Gasteiger charge is -2.22. The fourth-order valence-corrected chi connectivity index (χ4v) is 0.869. The molecule has 0 atom stereocenters. The number of ether oxygens (including phenoxy) is 1. The molecular formula is C8H16O2S. The van der Waals surface area contributed by atoms with E-state index in [4.69, 9.17) is 4.74 Å². The van der Waals surface area contributed by atoms with Crippen molar-refractivity contribution in [2.75, 3.05) is 6.61 Å². The van der Waals surface area contributed by atoms with Gasteiger partial charge in [0, 0.05) is 0 Å². The summed E-state index contributed by atoms with van der Waals surface area (Å²) in [6.07, 6.45) is 1.43. The first-order chi connectivity index (χ1) is 5.10. The number of carbonyl (C=O) groups excluding carboxylic acids is 1. The van der Waals surface area contributed by atoms with E-state index in [1.165, 1.54) is 0 Å². The van der Waals surface area contributed by atoms with Crippen molar-refractivity contribution in [2.24, 2.45) is 0 Å². The van der Waals surface area contributed by atoms with Crippen LogP contribution in [0.2, 0.25) is 0 Å². The third-order valence-corrected chi connectivity index (χ3v) is 2.64. The van der Waals surface area contributed by atoms with Crippen LogP contribution in [0.15, 0.2) is 0 Å². The van der Waals surface area contributed by atoms with Gasteiger partial charge in [-0.3, -0.25) is 4.79 Å². The molecule has 0 saturated heterocycles. The Morgan fingerprint density at radius 2 is 1.82 bits per heavy atom. The summed E-state index contributed by atoms with van der Waals surface area (Å²) < 4.78 is 4.30. The summed E-state index contributed by atoms with van der Waals surface area (Å²) in [5, 5.41) is 0. The SMILES string of the molecule is CCOC(=O)C(S)(CC)CC. The van der Waals surface area contributed by atoms with Crippen molar-refractivity contribution in [3.05, 3.63) is 0 Å². The molecule has 0 aromatic heterocycles. The van der Waals surface area contributed by atoms with Gasteiger partial charge in [0.1, 0.15) is 4.75 Å². The molecule has 0 rings (SSSR count). The molecule has 0 spiro atoms. The molecule has 0 aliphatic rings. The molecule has 11 heavy (non-hydrogen) atoms. The average Bonchev–Trinajstić information content (AvgIpc) is 2.03. The molecule has 0 fully saturated rings. The molecule has 3 heteroatoms. The van der Waals surface area contributed by atoms with Crippen LogP contribution in [0, 0.1) is 0 Å². The number of thiol groups is 1. The number of esters is 1. The van der Waals surface area contributed by atoms with Crippen LogP contribution in [0.3, 0.4) is 0 Å². The van der Waals surface area contributed by atoms with Crippen molar-refractivity contribution in [3.8, 4) is 0 Å². The van der Waals surface area contributed by atoms with Crippen molar-refractivity contribution in [1.82, 2.24) is 0 Å². The first kappa shape index (κ1) is 10.8. The van der Waals surface area contributed by atoms with Crippen molar-refractivity contribution < 1.29 is 9.53 Å². The molecule has 0 aromatic carbocycles. The second kappa shape index (κ2) is 4.65. The Labute approximate surface area is 73.7 Å². The monoisotopic (exact) mass is 176 g/mol. The van der Waals surface area contributed by atoms with Gasteiger partial charge in [0.25, 0.3) is 0 Å². The predicted octanol–water partition coefficient (Wildman–Crippen LogP) is 2.04. The van der Waals surface area contributed by atoms with Gasteiger partial charge >= 0.3 is 5.97 Å². The zero-order valence-electron chi connectivity index (χ0n) is 7.39. The largest absolute Gasteiger partial charge is 0.465 e. The zero-order valence-corrected chi connectivity index (χ0v) is 8.28. The fourth-order valence-electron chi connectivity index (χ4n) is 0.804. The second-order valence-corrected chi connectivity index (χ2v) is 3.32. The summed E-state index contributed by atoms with van der Waals surface area (Å²) >= 11 is 4.27. The minimum atomic E-state index is -0.573. The minimum absolute atomic E-state index is 0.201. The Bertz CT molecular complexity index is 130. The van der Waals surface area contributed by atoms with Crippen LogP contribution in [0.1, 0.15) is 33.6 Å². The summed E-state index contributed by atoms with van der Waals surface area (Å²) in [7, 11) is 0. The molecule has 0 saturated carbocycles. The minimum Gasteiger partial charge on any atom is -0.465 e. The van der Waals surface area contributed by atoms with E-state index in [0.717, 1.165) is 0 Å². The number of hydrogen-bond donors (Lipinski definition) is 1. The lowest BCUT2D eigenvalue weighted by Crippen LogP contribution is -2.33. The third kappa shape index (κ3) is 2.73. The highest BCUT2D eigenvalue weighted by atomic mass is 32.1. The van der Waals surface area contributed by atoms with Gasteiger partial charge in [-0.2, -0.15) is 12.6 Å². The molecule has 0 unspecified atom stereocenters. The lowest BCUT2D eigenvalue weighted by molar-refractivity contribution is -0.146. The van der Waals surface area contributed by atoms with Crippen LogP contribution in [-0.4, -0.2) is 17.3 Å². The summed E-state index contributed by atoms with van der Waals surface area (Å²) in [5.74, 6) is -0.201. The van der Waals surface area contributed by atoms with Crippen LogP contribution in [0.5, 0.6) is 0 Å². The molecule has 0 aromatic rings. The molecule has 0 radical (unpaired) electrons. The first-order valence-electron chi connectivity index (χ1n) is 4.00. The smallest absolute Gasteiger partial charge is 0.321 e. The standard InChI is InChI=1S/C8H16O2S/c1-4-8(11,5-2)7(9)10-6-3/h11H,4-6H2,1-3H3. The second-order valence-electron chi connectivity index (χ2n) is 2.46. The summed E-state index contributed by atoms with van der Waals surface area (Å²) in [6.45, 7) is 6.11. The molecule has 66 valence electrons. The highest BCUT2D eigenvalue weighted by Gasteiger charge is 2.31. The van der Waals surface area contributed by atoms with E-state index in [9.17, 15) is 4.79 Å². The van der Waals surface area contributed by atoms with Gasteiger partial charge in [-0.15, -0.1) is 0 Å². The topological polar surface area (TPSA) is 26.3 Å². The maximum Gasteiger partial charge on any atom is 0.321 e. The Hall–Kier alpha value is -0.180. The fraction of sp³-hybridized carbons (Fsp3) is 0.875. The van der Waals surface area contributed by atoms with Crippen molar-refractivity contribution in [2.45, 2.75) is 38.4 Å². The molecule has 0 aliphatic heterocycles. The summed E-state index contributed by atoms with van der Waals surface area (Å²) in [6, 6.07) is 0. The first-order valence-corrected chi connectivity index (χ1v) is 4.45. The van der Waals surface area contributed by atoms with E-state index in [2.05, 4.69) is 12.6 Å². The quantitative estimate of drug-likeness (QED) is 0.524. The van der Waals surface area contributed by atoms with Gasteiger partial charge in [-0.1, -0.05) is 13.8 Å². The third-order valence-electron chi connectivity index (χ3n) is 1.83. The maximum absolute atomic E-state index is 11.2. The number of rotatable bonds is 4. The van der Waals surface area contributed by atoms with Crippen molar-refractivity contribution in [3.63, 3.8) is 0 Å². The lowest BCUT2D eigenvalue weighted by atomic mass is 10.0. The highest BCUT2D eigenvalue weighted by molar-refractivity contribution is 7.82. The number of carbonyl (C=O) groups is 1. The van der Waals surface area contributed by atoms with E-state index in [0.29, 0.717) is 19.4 Å². The van der Waals surface area contributed by atoms with E-state index in [1.807, 2.05) is 13.8 Å². The van der Waals surface area contributed by atoms with Gasteiger partial charge in [0.15, 0.2) is 0 Å². The molecule has 0 aliphatic carbocycles. The highest BCUT2D eigenvalue weighted by Crippen LogP contribution is 2.24. The maximum atomic E-state index is 11.2. The van der Waals surface area contributed by atoms with Crippen LogP contribution in [-0.2, 0) is 9.53 Å². The Morgan fingerprint density at radius 3 is 2.09 bits per heavy atom. The van der Waals surface area contributed by atoms with E-state index in [1.54, 1.807) is 6.92 Å². The van der Waals surface area contributed by atoms with Crippen LogP contribution < -0.4 is 0 Å². The van der Waals surface area contributed by atoms with Gasteiger partial charge in [-0.05, 0) is 19.8 Å². The predicted molar refractivity (Wildman–Crippen MR) is 48.9 cm³/mol. The van der Waals surface area contributed by atoms with Gasteiger partial charge in [0.05, 0.1) is 6.61 Å². The zero-order chi connectivity index (χ0) is 8.91. The van der Waals surface area contributed by atoms with Gasteiger partial charge < -0.3 is 4.74 Å². The van der Waals surface area contributed by atoms with E-state index in [-0.39, 0.29) is 5.97 Å². The molecule has 0 N–H and O–H groups in total. The van der Waals surface area contributed by atoms with Crippen molar-refractivity contribution in [1.29, 1.82) is 0 Å². The normalized spacial score (nSPS) is 11.3. The number of hydrogen-bond acceptors (Lipinski definition) is 3. The van der Waals surface area contributed by atoms with Gasteiger partial charge in [0.2, 0.25) is 0 Å². The molecule has 0 heterocycles. The average molecular weight is 176 g/mol. The Morgan fingerprint density at radius 1 is 1.36 bits per heavy atom. The summed E-state index contributed by atoms with van der Waals surface area (Å²) in [4.78, 5) is 11.2. The Balaban J connectivity index is 4.12. The Kier molecular flexibility index (Phi) is 4.57. The van der Waals surface area contributed by atoms with Crippen LogP contribution >= 0.6 is 12.6 Å². The molecule has 0 bridgehead atoms. The van der Waals surface area contributed by atoms with Gasteiger partial charge in [-0.25, -0.2) is 0 Å². The molecular weight excluding hydrogens is 160 g/mol. The van der Waals surface area contributed by atoms with E-state index < -0.39 is 4.75 Å². The van der Waals surface area contributed by atoms with Crippen LogP contribution in [0.25, 0.3) is 0 Å². The van der Waals surface area contributed by atoms with Crippen molar-refractivity contribution >= 4 is 18.6 Å². The van der Waals surface area contributed by atoms with Crippen LogP contribution in [0.4, 0.5) is 0 Å². The molecule has 2 nitrogen and oxygen atoms in total. The summed E-state index contributed by atoms with van der Waals surface area (Å²) in [5.41, 5.74) is 0.